The largest absolute Gasteiger partial charge is 0.421 e. The number of nitrogens with one attached hydrogen (secondary N) is 2. The first-order chi connectivity index (χ1) is 16.7. The van der Waals surface area contributed by atoms with Crippen LogP contribution in [0.2, 0.25) is 0 Å². The number of anilines is 3. The Balaban J connectivity index is 1.94. The quantitative estimate of drug-likeness (QED) is 0.204. The highest BCUT2D eigenvalue weighted by atomic mass is 19.4. The minimum absolute atomic E-state index is 0.0516. The van der Waals surface area contributed by atoms with Gasteiger partial charge in [-0.05, 0) is 30.5 Å². The van der Waals surface area contributed by atoms with Gasteiger partial charge in [0.05, 0.1) is 6.21 Å². The van der Waals surface area contributed by atoms with Gasteiger partial charge in [0.1, 0.15) is 22.9 Å². The van der Waals surface area contributed by atoms with Crippen LogP contribution in [0.25, 0.3) is 0 Å². The summed E-state index contributed by atoms with van der Waals surface area (Å²) in [6.07, 6.45) is -1.88. The summed E-state index contributed by atoms with van der Waals surface area (Å²) in [6.45, 7) is 1.98. The van der Waals surface area contributed by atoms with E-state index >= 15 is 0 Å². The van der Waals surface area contributed by atoms with Gasteiger partial charge in [0.15, 0.2) is 0 Å². The van der Waals surface area contributed by atoms with Gasteiger partial charge in [0.2, 0.25) is 5.95 Å². The summed E-state index contributed by atoms with van der Waals surface area (Å²) in [5.41, 5.74) is 7.42. The predicted molar refractivity (Wildman–Crippen MR) is 123 cm³/mol. The van der Waals surface area contributed by atoms with E-state index in [2.05, 4.69) is 25.8 Å². The van der Waals surface area contributed by atoms with Gasteiger partial charge in [-0.2, -0.15) is 23.3 Å². The Morgan fingerprint density at radius 1 is 1.23 bits per heavy atom. The van der Waals surface area contributed by atoms with Crippen molar-refractivity contribution < 1.29 is 27.1 Å². The third kappa shape index (κ3) is 7.13. The van der Waals surface area contributed by atoms with Crippen LogP contribution in [0, 0.1) is 5.82 Å². The Bertz CT molecular complexity index is 1220. The second-order valence-electron chi connectivity index (χ2n) is 7.31. The summed E-state index contributed by atoms with van der Waals surface area (Å²) < 4.78 is 59.6. The third-order valence-corrected chi connectivity index (χ3v) is 4.72. The van der Waals surface area contributed by atoms with Gasteiger partial charge < -0.3 is 15.8 Å². The molecule has 8 nitrogen and oxygen atoms in total. The van der Waals surface area contributed by atoms with E-state index in [1.807, 2.05) is 6.92 Å². The number of nitrogens with zero attached hydrogens (tertiary/aromatic N) is 3. The number of aryl methyl sites for hydroxylation is 1. The summed E-state index contributed by atoms with van der Waals surface area (Å²) in [7, 11) is 0. The van der Waals surface area contributed by atoms with Crippen LogP contribution in [0.15, 0.2) is 53.8 Å². The van der Waals surface area contributed by atoms with E-state index < -0.39 is 29.5 Å². The van der Waals surface area contributed by atoms with Gasteiger partial charge in [-0.3, -0.25) is 0 Å². The zero-order valence-corrected chi connectivity index (χ0v) is 18.6. The molecule has 4 N–H and O–H groups in total. The van der Waals surface area contributed by atoms with E-state index in [0.717, 1.165) is 19.1 Å². The molecule has 0 atom stereocenters. The molecule has 0 saturated heterocycles. The Kier molecular flexibility index (Phi) is 8.18. The fraction of sp³-hybridized carbons (Fsp3) is 0.217. The maximum absolute atomic E-state index is 13.7. The number of unbranched alkanes of at least 4 members (excludes halogenated alkanes) is 1. The highest BCUT2D eigenvalue weighted by molar-refractivity contribution is 5.80. The van der Waals surface area contributed by atoms with Crippen LogP contribution in [0.5, 0.6) is 5.75 Å². The molecule has 0 bridgehead atoms. The van der Waals surface area contributed by atoms with E-state index in [9.17, 15) is 22.4 Å². The predicted octanol–water partition coefficient (Wildman–Crippen LogP) is 5.62. The zero-order valence-electron chi connectivity index (χ0n) is 18.6. The highest BCUT2D eigenvalue weighted by Gasteiger charge is 2.35. The van der Waals surface area contributed by atoms with Crippen molar-refractivity contribution >= 4 is 29.8 Å². The maximum Gasteiger partial charge on any atom is 0.421 e. The molecular weight excluding hydrogens is 468 g/mol. The molecule has 1 aromatic heterocycles. The van der Waals surface area contributed by atoms with Gasteiger partial charge in [-0.1, -0.05) is 37.6 Å². The molecule has 184 valence electrons. The van der Waals surface area contributed by atoms with Crippen molar-refractivity contribution in [3.63, 3.8) is 0 Å². The van der Waals surface area contributed by atoms with E-state index in [1.165, 1.54) is 30.3 Å². The molecule has 0 aliphatic heterocycles. The van der Waals surface area contributed by atoms with Crippen LogP contribution >= 0.6 is 0 Å². The van der Waals surface area contributed by atoms with Gasteiger partial charge in [0, 0.05) is 23.5 Å². The first-order valence-electron chi connectivity index (χ1n) is 10.5. The van der Waals surface area contributed by atoms with Crippen LogP contribution in [0.4, 0.5) is 39.8 Å². The molecule has 35 heavy (non-hydrogen) atoms. The van der Waals surface area contributed by atoms with Gasteiger partial charge in [-0.15, -0.1) is 0 Å². The lowest BCUT2D eigenvalue weighted by molar-refractivity contribution is -0.137. The number of hydrazone groups is 1. The fourth-order valence-corrected chi connectivity index (χ4v) is 3.04. The molecule has 0 aliphatic carbocycles. The number of hydrogen-bond donors (Lipinski definition) is 3. The monoisotopic (exact) mass is 490 g/mol. The summed E-state index contributed by atoms with van der Waals surface area (Å²) >= 11 is 0. The molecule has 0 radical (unpaired) electrons. The van der Waals surface area contributed by atoms with Gasteiger partial charge >= 0.3 is 12.3 Å². The van der Waals surface area contributed by atoms with Gasteiger partial charge in [-0.25, -0.2) is 19.6 Å². The molecule has 1 amide bonds. The lowest BCUT2D eigenvalue weighted by Gasteiger charge is -2.17. The van der Waals surface area contributed by atoms with Crippen LogP contribution in [0.3, 0.4) is 0 Å². The van der Waals surface area contributed by atoms with Gasteiger partial charge in [0.25, 0.3) is 0 Å². The molecule has 12 heteroatoms. The van der Waals surface area contributed by atoms with Crippen molar-refractivity contribution in [3.05, 3.63) is 71.2 Å². The molecule has 0 spiro atoms. The molecule has 1 heterocycles. The minimum Gasteiger partial charge on any atom is -0.410 e. The average Bonchev–Trinajstić information content (AvgIpc) is 2.79. The molecule has 3 rings (SSSR count). The normalized spacial score (nSPS) is 11.5. The molecule has 3 aromatic rings. The number of hydrogen-bond acceptors (Lipinski definition) is 7. The summed E-state index contributed by atoms with van der Waals surface area (Å²) in [5.74, 6) is -1.28. The van der Waals surface area contributed by atoms with Crippen molar-refractivity contribution in [2.45, 2.75) is 32.4 Å². The van der Waals surface area contributed by atoms with Crippen molar-refractivity contribution in [1.29, 1.82) is 0 Å². The maximum atomic E-state index is 13.7. The third-order valence-electron chi connectivity index (χ3n) is 4.72. The summed E-state index contributed by atoms with van der Waals surface area (Å²) in [5, 5.41) is 6.47. The molecule has 0 fully saturated rings. The van der Waals surface area contributed by atoms with E-state index in [0.29, 0.717) is 18.2 Å². The van der Waals surface area contributed by atoms with E-state index in [1.54, 1.807) is 12.1 Å². The number of aromatic nitrogens is 2. The minimum atomic E-state index is -4.76. The average molecular weight is 490 g/mol. The van der Waals surface area contributed by atoms with Crippen molar-refractivity contribution in [1.82, 2.24) is 9.97 Å². The molecule has 0 saturated carbocycles. The van der Waals surface area contributed by atoms with Crippen molar-refractivity contribution in [2.24, 2.45) is 10.8 Å². The Morgan fingerprint density at radius 3 is 2.69 bits per heavy atom. The molecule has 0 unspecified atom stereocenters. The number of rotatable bonds is 9. The van der Waals surface area contributed by atoms with Crippen LogP contribution < -0.4 is 21.2 Å². The molecular formula is C23H22F4N6O2. The van der Waals surface area contributed by atoms with Crippen LogP contribution in [0.1, 0.15) is 36.5 Å². The van der Waals surface area contributed by atoms with E-state index in [4.69, 9.17) is 10.5 Å². The smallest absolute Gasteiger partial charge is 0.410 e. The molecule has 0 aliphatic rings. The van der Waals surface area contributed by atoms with Crippen LogP contribution in [-0.4, -0.2) is 22.3 Å². The number of amides is 1. The SMILES string of the molecule is CCCCc1ccc(OC(N)=O)cc1Nc1nc(N/N=C/c2ccccc2F)ncc1C(F)(F)F. The first-order valence-corrected chi connectivity index (χ1v) is 10.5. The number of benzene rings is 2. The lowest BCUT2D eigenvalue weighted by Crippen LogP contribution is -2.16. The standard InChI is InChI=1S/C23H22F4N6O2/c1-2-3-6-14-9-10-16(35-21(28)34)11-19(14)31-20-17(23(25,26)27)13-29-22(32-20)33-30-12-15-7-4-5-8-18(15)24/h4-5,7-13H,2-3,6H2,1H3,(H2,28,34)(H2,29,31,32,33)/b30-12+. The zero-order chi connectivity index (χ0) is 25.4. The first kappa shape index (κ1) is 25.4. The van der Waals surface area contributed by atoms with Crippen LogP contribution in [-0.2, 0) is 12.6 Å². The topological polar surface area (TPSA) is 115 Å². The fourth-order valence-electron chi connectivity index (χ4n) is 3.04. The van der Waals surface area contributed by atoms with Crippen molar-refractivity contribution in [3.8, 4) is 5.75 Å². The lowest BCUT2D eigenvalue weighted by atomic mass is 10.1. The van der Waals surface area contributed by atoms with Crippen molar-refractivity contribution in [2.75, 3.05) is 10.7 Å². The number of nitrogens with two attached hydrogens (primary N) is 1. The number of carbonyl (C=O) groups is 1. The Labute approximate surface area is 198 Å². The number of alkyl halides is 3. The second-order valence-corrected chi connectivity index (χ2v) is 7.31. The summed E-state index contributed by atoms with van der Waals surface area (Å²) in [6, 6.07) is 10.3. The summed E-state index contributed by atoms with van der Waals surface area (Å²) in [4.78, 5) is 18.7. The van der Waals surface area contributed by atoms with E-state index in [-0.39, 0.29) is 22.9 Å². The number of halogens is 4. The number of carbonyl (C=O) groups excluding carboxylic acids is 1. The molecule has 2 aromatic carbocycles. The number of primary amides is 1. The Morgan fingerprint density at radius 2 is 2.00 bits per heavy atom. The second kappa shape index (κ2) is 11.3. The number of ether oxygens (including phenoxy) is 1. The highest BCUT2D eigenvalue weighted by Crippen LogP contribution is 2.36. The Hall–Kier alpha value is -4.22.